The summed E-state index contributed by atoms with van der Waals surface area (Å²) in [5, 5.41) is 0. The minimum absolute atomic E-state index is 0.0274. The van der Waals surface area contributed by atoms with Crippen molar-refractivity contribution in [3.8, 4) is 0 Å². The first kappa shape index (κ1) is 16.5. The maximum absolute atomic E-state index is 13.2. The molecule has 0 aromatic carbocycles. The molecule has 2 heterocycles. The molecule has 4 nitrogen and oxygen atoms in total. The summed E-state index contributed by atoms with van der Waals surface area (Å²) in [5.74, 6) is -0.0595. The van der Waals surface area contributed by atoms with E-state index in [2.05, 4.69) is 20.9 Å². The fraction of sp³-hybridized carbons (Fsp3) is 0.615. The molecule has 1 aliphatic rings. The van der Waals surface area contributed by atoms with E-state index in [4.69, 9.17) is 10.5 Å². The zero-order valence-corrected chi connectivity index (χ0v) is 13.1. The van der Waals surface area contributed by atoms with Crippen LogP contribution in [0, 0.1) is 0 Å². The third-order valence-corrected chi connectivity index (χ3v) is 4.12. The molecule has 2 atom stereocenters. The minimum atomic E-state index is -4.45. The van der Waals surface area contributed by atoms with Crippen LogP contribution in [0.25, 0.3) is 0 Å². The molecular weight excluding hydrogens is 351 g/mol. The molecule has 0 radical (unpaired) electrons. The van der Waals surface area contributed by atoms with Crippen molar-refractivity contribution in [3.63, 3.8) is 0 Å². The molecule has 1 aromatic heterocycles. The summed E-state index contributed by atoms with van der Waals surface area (Å²) in [6.45, 7) is 0.701. The number of hydrogen-bond acceptors (Lipinski definition) is 4. The van der Waals surface area contributed by atoms with Gasteiger partial charge in [-0.15, -0.1) is 0 Å². The summed E-state index contributed by atoms with van der Waals surface area (Å²) in [5.41, 5.74) is 4.98. The molecule has 118 valence electrons. The van der Waals surface area contributed by atoms with Gasteiger partial charge in [-0.3, -0.25) is 0 Å². The van der Waals surface area contributed by atoms with Crippen molar-refractivity contribution in [1.82, 2.24) is 4.98 Å². The van der Waals surface area contributed by atoms with Crippen LogP contribution in [0.2, 0.25) is 0 Å². The fourth-order valence-electron chi connectivity index (χ4n) is 2.60. The molecule has 1 aromatic rings. The maximum Gasteiger partial charge on any atom is 0.419 e. The van der Waals surface area contributed by atoms with E-state index in [0.717, 1.165) is 6.07 Å². The fourth-order valence-corrected chi connectivity index (χ4v) is 2.93. The highest BCUT2D eigenvalue weighted by Gasteiger charge is 2.39. The van der Waals surface area contributed by atoms with Gasteiger partial charge in [-0.25, -0.2) is 4.98 Å². The lowest BCUT2D eigenvalue weighted by atomic mass is 9.98. The Balaban J connectivity index is 2.37. The monoisotopic (exact) mass is 367 g/mol. The van der Waals surface area contributed by atoms with Crippen molar-refractivity contribution >= 4 is 21.7 Å². The highest BCUT2D eigenvalue weighted by molar-refractivity contribution is 9.10. The second-order valence-electron chi connectivity index (χ2n) is 4.99. The van der Waals surface area contributed by atoms with E-state index >= 15 is 0 Å². The largest absolute Gasteiger partial charge is 0.419 e. The van der Waals surface area contributed by atoms with E-state index in [9.17, 15) is 13.2 Å². The normalized spacial score (nSPS) is 23.4. The highest BCUT2D eigenvalue weighted by Crippen LogP contribution is 2.38. The van der Waals surface area contributed by atoms with Gasteiger partial charge in [0.25, 0.3) is 0 Å². The van der Waals surface area contributed by atoms with Crippen LogP contribution in [0.5, 0.6) is 0 Å². The van der Waals surface area contributed by atoms with Crippen LogP contribution >= 0.6 is 15.9 Å². The Kier molecular flexibility index (Phi) is 5.11. The van der Waals surface area contributed by atoms with Crippen molar-refractivity contribution < 1.29 is 17.9 Å². The Labute approximate surface area is 129 Å². The van der Waals surface area contributed by atoms with E-state index in [0.29, 0.717) is 23.9 Å². The topological polar surface area (TPSA) is 51.4 Å². The Morgan fingerprint density at radius 3 is 2.81 bits per heavy atom. The van der Waals surface area contributed by atoms with Crippen LogP contribution in [0.15, 0.2) is 16.7 Å². The molecule has 2 rings (SSSR count). The number of nitrogens with zero attached hydrogens (tertiary/aromatic N) is 2. The second-order valence-corrected chi connectivity index (χ2v) is 5.90. The lowest BCUT2D eigenvalue weighted by Crippen LogP contribution is -2.49. The molecule has 2 unspecified atom stereocenters. The van der Waals surface area contributed by atoms with Gasteiger partial charge in [0.05, 0.1) is 11.7 Å². The number of alkyl halides is 3. The second kappa shape index (κ2) is 6.50. The zero-order chi connectivity index (χ0) is 15.6. The lowest BCUT2D eigenvalue weighted by Gasteiger charge is -2.40. The molecule has 21 heavy (non-hydrogen) atoms. The Morgan fingerprint density at radius 2 is 2.24 bits per heavy atom. The van der Waals surface area contributed by atoms with Gasteiger partial charge >= 0.3 is 6.18 Å². The lowest BCUT2D eigenvalue weighted by molar-refractivity contribution is -0.137. The molecular formula is C13H17BrF3N3O. The van der Waals surface area contributed by atoms with Crippen molar-refractivity contribution in [2.24, 2.45) is 5.73 Å². The van der Waals surface area contributed by atoms with Gasteiger partial charge in [0, 0.05) is 36.9 Å². The summed E-state index contributed by atoms with van der Waals surface area (Å²) in [7, 11) is 1.60. The predicted molar refractivity (Wildman–Crippen MR) is 77.2 cm³/mol. The first-order valence-corrected chi connectivity index (χ1v) is 7.38. The number of pyridine rings is 1. The number of piperidine rings is 1. The van der Waals surface area contributed by atoms with Crippen LogP contribution in [-0.2, 0) is 10.9 Å². The van der Waals surface area contributed by atoms with Gasteiger partial charge in [0.15, 0.2) is 0 Å². The number of ether oxygens (including phenoxy) is 1. The summed E-state index contributed by atoms with van der Waals surface area (Å²) in [4.78, 5) is 5.62. The summed E-state index contributed by atoms with van der Waals surface area (Å²) in [6.07, 6.45) is -1.80. The van der Waals surface area contributed by atoms with E-state index < -0.39 is 11.7 Å². The van der Waals surface area contributed by atoms with E-state index in [-0.39, 0.29) is 24.5 Å². The third kappa shape index (κ3) is 3.67. The average Bonchev–Trinajstić information content (AvgIpc) is 2.45. The number of nitrogens with two attached hydrogens (primary N) is 1. The average molecular weight is 368 g/mol. The Hall–Kier alpha value is -0.860. The SMILES string of the molecule is COC1CCN(c2ncc(Br)cc2C(F)(F)F)C(CN)C1. The maximum atomic E-state index is 13.2. The standard InChI is InChI=1S/C13H17BrF3N3O/c1-21-10-2-3-20(9(5-10)6-18)12-11(13(15,16)17)4-8(14)7-19-12/h4,7,9-10H,2-3,5-6,18H2,1H3. The minimum Gasteiger partial charge on any atom is -0.381 e. The zero-order valence-electron chi connectivity index (χ0n) is 11.5. The highest BCUT2D eigenvalue weighted by atomic mass is 79.9. The summed E-state index contributed by atoms with van der Waals surface area (Å²) in [6, 6.07) is 0.844. The third-order valence-electron chi connectivity index (χ3n) is 3.68. The quantitative estimate of drug-likeness (QED) is 0.892. The molecule has 0 aliphatic carbocycles. The van der Waals surface area contributed by atoms with E-state index in [1.54, 1.807) is 12.0 Å². The van der Waals surface area contributed by atoms with Gasteiger partial charge in [-0.2, -0.15) is 13.2 Å². The van der Waals surface area contributed by atoms with E-state index in [1.165, 1.54) is 6.20 Å². The molecule has 1 fully saturated rings. The molecule has 0 saturated carbocycles. The molecule has 1 aliphatic heterocycles. The molecule has 0 bridgehead atoms. The van der Waals surface area contributed by atoms with Crippen molar-refractivity contribution in [2.45, 2.75) is 31.2 Å². The number of halogens is 4. The van der Waals surface area contributed by atoms with Gasteiger partial charge in [0.2, 0.25) is 0 Å². The smallest absolute Gasteiger partial charge is 0.381 e. The first-order chi connectivity index (χ1) is 9.86. The number of anilines is 1. The molecule has 8 heteroatoms. The van der Waals surface area contributed by atoms with Crippen molar-refractivity contribution in [2.75, 3.05) is 25.1 Å². The van der Waals surface area contributed by atoms with Crippen LogP contribution in [-0.4, -0.2) is 37.3 Å². The number of rotatable bonds is 3. The first-order valence-electron chi connectivity index (χ1n) is 6.59. The van der Waals surface area contributed by atoms with Crippen LogP contribution < -0.4 is 10.6 Å². The van der Waals surface area contributed by atoms with Crippen LogP contribution in [0.1, 0.15) is 18.4 Å². The van der Waals surface area contributed by atoms with Crippen LogP contribution in [0.4, 0.5) is 19.0 Å². The Bertz CT molecular complexity index is 498. The summed E-state index contributed by atoms with van der Waals surface area (Å²) < 4.78 is 45.2. The van der Waals surface area contributed by atoms with E-state index in [1.807, 2.05) is 0 Å². The molecule has 1 saturated heterocycles. The summed E-state index contributed by atoms with van der Waals surface area (Å²) >= 11 is 3.04. The van der Waals surface area contributed by atoms with Crippen LogP contribution in [0.3, 0.4) is 0 Å². The van der Waals surface area contributed by atoms with Crippen molar-refractivity contribution in [3.05, 3.63) is 22.3 Å². The molecule has 2 N–H and O–H groups in total. The van der Waals surface area contributed by atoms with Crippen molar-refractivity contribution in [1.29, 1.82) is 0 Å². The number of methoxy groups -OCH3 is 1. The molecule has 0 spiro atoms. The van der Waals surface area contributed by atoms with Gasteiger partial charge < -0.3 is 15.4 Å². The molecule has 0 amide bonds. The van der Waals surface area contributed by atoms with Gasteiger partial charge in [0.1, 0.15) is 5.82 Å². The van der Waals surface area contributed by atoms with Gasteiger partial charge in [-0.1, -0.05) is 0 Å². The predicted octanol–water partition coefficient (Wildman–Crippen LogP) is 2.81. The van der Waals surface area contributed by atoms with Gasteiger partial charge in [-0.05, 0) is 34.8 Å². The Morgan fingerprint density at radius 1 is 1.52 bits per heavy atom. The number of hydrogen-bond donors (Lipinski definition) is 1. The number of aromatic nitrogens is 1.